The number of esters is 1. The molecule has 0 saturated heterocycles. The largest absolute Gasteiger partial charge is 0.462 e. The van der Waals surface area contributed by atoms with Crippen molar-refractivity contribution in [3.63, 3.8) is 0 Å². The summed E-state index contributed by atoms with van der Waals surface area (Å²) >= 11 is 6.65. The van der Waals surface area contributed by atoms with Crippen molar-refractivity contribution in [3.8, 4) is 0 Å². The maximum absolute atomic E-state index is 12.4. The van der Waals surface area contributed by atoms with Gasteiger partial charge in [0.25, 0.3) is 5.56 Å². The monoisotopic (exact) mass is 328 g/mol. The van der Waals surface area contributed by atoms with Crippen LogP contribution in [0.15, 0.2) is 10.9 Å². The third-order valence-electron chi connectivity index (χ3n) is 2.91. The molecule has 2 aromatic heterocycles. The summed E-state index contributed by atoms with van der Waals surface area (Å²) in [4.78, 5) is 28.9. The third kappa shape index (κ3) is 3.58. The van der Waals surface area contributed by atoms with E-state index in [1.807, 2.05) is 13.0 Å². The Labute approximate surface area is 130 Å². The first-order valence-corrected chi connectivity index (χ1v) is 7.69. The first kappa shape index (κ1) is 15.9. The van der Waals surface area contributed by atoms with Crippen LogP contribution in [0.1, 0.15) is 11.8 Å². The lowest BCUT2D eigenvalue weighted by atomic mass is 10.3. The maximum atomic E-state index is 12.4. The summed E-state index contributed by atoms with van der Waals surface area (Å²) in [6, 6.07) is 1.83. The smallest absolute Gasteiger partial charge is 0.326 e. The van der Waals surface area contributed by atoms with Gasteiger partial charge in [-0.3, -0.25) is 14.2 Å². The van der Waals surface area contributed by atoms with Gasteiger partial charge in [0.15, 0.2) is 4.77 Å². The fraction of sp³-hybridized carbons (Fsp3) is 0.462. The topological polar surface area (TPSA) is 73.3 Å². The molecular formula is C13H16N2O4S2. The molecule has 2 aromatic rings. The molecule has 0 radical (unpaired) electrons. The molecule has 1 N–H and O–H groups in total. The van der Waals surface area contributed by atoms with Crippen molar-refractivity contribution in [3.05, 3.63) is 26.1 Å². The highest BCUT2D eigenvalue weighted by Gasteiger charge is 2.12. The van der Waals surface area contributed by atoms with E-state index in [4.69, 9.17) is 21.7 Å². The number of carbonyl (C=O) groups is 1. The SMILES string of the molecule is CCc1cc2c(=O)n(CC(=O)OCCOC)c(=S)[nH]c2s1. The number of nitrogens with zero attached hydrogens (tertiary/aromatic N) is 1. The number of hydrogen-bond acceptors (Lipinski definition) is 6. The molecule has 0 aliphatic carbocycles. The summed E-state index contributed by atoms with van der Waals surface area (Å²) in [6.45, 7) is 2.29. The van der Waals surface area contributed by atoms with E-state index in [1.54, 1.807) is 0 Å². The molecule has 0 atom stereocenters. The molecule has 2 rings (SSSR count). The number of rotatable bonds is 6. The van der Waals surface area contributed by atoms with Crippen LogP contribution in [0.25, 0.3) is 10.2 Å². The van der Waals surface area contributed by atoms with Gasteiger partial charge in [-0.15, -0.1) is 11.3 Å². The van der Waals surface area contributed by atoms with Crippen molar-refractivity contribution in [1.82, 2.24) is 9.55 Å². The zero-order chi connectivity index (χ0) is 15.4. The molecule has 8 heteroatoms. The number of aryl methyl sites for hydroxylation is 1. The number of thiophene rings is 1. The van der Waals surface area contributed by atoms with Gasteiger partial charge in [-0.2, -0.15) is 0 Å². The lowest BCUT2D eigenvalue weighted by Crippen LogP contribution is -2.27. The van der Waals surface area contributed by atoms with Gasteiger partial charge in [-0.1, -0.05) is 6.92 Å². The number of carbonyl (C=O) groups excluding carboxylic acids is 1. The van der Waals surface area contributed by atoms with Crippen LogP contribution in [0.5, 0.6) is 0 Å². The van der Waals surface area contributed by atoms with Crippen LogP contribution in [-0.4, -0.2) is 35.8 Å². The molecule has 0 amide bonds. The van der Waals surface area contributed by atoms with Crippen molar-refractivity contribution in [1.29, 1.82) is 0 Å². The molecule has 0 aliphatic rings. The van der Waals surface area contributed by atoms with Gasteiger partial charge in [0.1, 0.15) is 18.0 Å². The Kier molecular flexibility index (Phi) is 5.27. The van der Waals surface area contributed by atoms with Crippen LogP contribution in [0.3, 0.4) is 0 Å². The zero-order valence-corrected chi connectivity index (χ0v) is 13.4. The molecule has 0 aliphatic heterocycles. The molecule has 0 spiro atoms. The summed E-state index contributed by atoms with van der Waals surface area (Å²) in [5.41, 5.74) is -0.270. The number of aromatic nitrogens is 2. The summed E-state index contributed by atoms with van der Waals surface area (Å²) in [7, 11) is 1.52. The highest BCUT2D eigenvalue weighted by atomic mass is 32.1. The van der Waals surface area contributed by atoms with E-state index in [0.717, 1.165) is 16.1 Å². The predicted octanol–water partition coefficient (Wildman–Crippen LogP) is 1.87. The second-order valence-electron chi connectivity index (χ2n) is 4.34. The van der Waals surface area contributed by atoms with Crippen molar-refractivity contribution >= 4 is 39.7 Å². The van der Waals surface area contributed by atoms with Gasteiger partial charge >= 0.3 is 5.97 Å². The van der Waals surface area contributed by atoms with Gasteiger partial charge < -0.3 is 14.5 Å². The second-order valence-corrected chi connectivity index (χ2v) is 5.87. The van der Waals surface area contributed by atoms with Crippen molar-refractivity contribution in [2.24, 2.45) is 0 Å². The highest BCUT2D eigenvalue weighted by Crippen LogP contribution is 2.21. The first-order valence-electron chi connectivity index (χ1n) is 6.47. The number of H-pyrrole nitrogens is 1. The molecule has 114 valence electrons. The number of hydrogen-bond donors (Lipinski definition) is 1. The Morgan fingerprint density at radius 3 is 2.90 bits per heavy atom. The number of methoxy groups -OCH3 is 1. The predicted molar refractivity (Wildman–Crippen MR) is 83.5 cm³/mol. The molecule has 0 unspecified atom stereocenters. The van der Waals surface area contributed by atoms with Crippen LogP contribution >= 0.6 is 23.6 Å². The summed E-state index contributed by atoms with van der Waals surface area (Å²) in [6.07, 6.45) is 0.846. The zero-order valence-electron chi connectivity index (χ0n) is 11.8. The quantitative estimate of drug-likeness (QED) is 0.498. The normalized spacial score (nSPS) is 11.0. The molecule has 0 aromatic carbocycles. The van der Waals surface area contributed by atoms with Gasteiger partial charge in [0.2, 0.25) is 0 Å². The molecule has 6 nitrogen and oxygen atoms in total. The van der Waals surface area contributed by atoms with E-state index in [0.29, 0.717) is 12.0 Å². The van der Waals surface area contributed by atoms with E-state index in [1.165, 1.54) is 23.0 Å². The molecule has 0 fully saturated rings. The van der Waals surface area contributed by atoms with Gasteiger partial charge in [0, 0.05) is 12.0 Å². The Morgan fingerprint density at radius 2 is 2.24 bits per heavy atom. The number of nitrogens with one attached hydrogen (secondary N) is 1. The Bertz CT molecular complexity index is 760. The van der Waals surface area contributed by atoms with E-state index < -0.39 is 5.97 Å². The van der Waals surface area contributed by atoms with E-state index >= 15 is 0 Å². The molecular weight excluding hydrogens is 312 g/mol. The van der Waals surface area contributed by atoms with Crippen LogP contribution in [0.2, 0.25) is 0 Å². The number of aromatic amines is 1. The minimum absolute atomic E-state index is 0.154. The fourth-order valence-electron chi connectivity index (χ4n) is 1.83. The first-order chi connectivity index (χ1) is 10.1. The van der Waals surface area contributed by atoms with Crippen LogP contribution in [-0.2, 0) is 27.2 Å². The van der Waals surface area contributed by atoms with Crippen molar-refractivity contribution in [2.45, 2.75) is 19.9 Å². The van der Waals surface area contributed by atoms with Gasteiger partial charge in [0.05, 0.1) is 12.0 Å². The number of fused-ring (bicyclic) bond motifs is 1. The average molecular weight is 328 g/mol. The molecule has 0 bridgehead atoms. The molecule has 0 saturated carbocycles. The standard InChI is InChI=1S/C13H16N2O4S2/c1-3-8-6-9-11(21-8)14-13(20)15(12(9)17)7-10(16)19-5-4-18-2/h6H,3-5,7H2,1-2H3,(H,14,20). The minimum Gasteiger partial charge on any atom is -0.462 e. The fourth-order valence-corrected chi connectivity index (χ4v) is 3.13. The Balaban J connectivity index is 2.29. The summed E-state index contributed by atoms with van der Waals surface area (Å²) in [5, 5.41) is 0.551. The van der Waals surface area contributed by atoms with Crippen molar-refractivity contribution in [2.75, 3.05) is 20.3 Å². The summed E-state index contributed by atoms with van der Waals surface area (Å²) < 4.78 is 11.2. The molecule has 2 heterocycles. The van der Waals surface area contributed by atoms with Gasteiger partial charge in [-0.25, -0.2) is 0 Å². The highest BCUT2D eigenvalue weighted by molar-refractivity contribution is 7.71. The maximum Gasteiger partial charge on any atom is 0.326 e. The second kappa shape index (κ2) is 6.97. The van der Waals surface area contributed by atoms with E-state index in [2.05, 4.69) is 4.98 Å². The van der Waals surface area contributed by atoms with Crippen molar-refractivity contribution < 1.29 is 14.3 Å². The Hall–Kier alpha value is -1.51. The molecule has 21 heavy (non-hydrogen) atoms. The average Bonchev–Trinajstić information content (AvgIpc) is 2.87. The lowest BCUT2D eigenvalue weighted by Gasteiger charge is -2.07. The Morgan fingerprint density at radius 1 is 1.48 bits per heavy atom. The third-order valence-corrected chi connectivity index (χ3v) is 4.43. The van der Waals surface area contributed by atoms with Crippen LogP contribution in [0.4, 0.5) is 0 Å². The lowest BCUT2D eigenvalue weighted by molar-refractivity contribution is -0.145. The van der Waals surface area contributed by atoms with Crippen LogP contribution in [0, 0.1) is 4.77 Å². The van der Waals surface area contributed by atoms with Gasteiger partial charge in [-0.05, 0) is 24.7 Å². The van der Waals surface area contributed by atoms with E-state index in [9.17, 15) is 9.59 Å². The van der Waals surface area contributed by atoms with E-state index in [-0.39, 0.29) is 23.5 Å². The summed E-state index contributed by atoms with van der Waals surface area (Å²) in [5.74, 6) is -0.515. The minimum atomic E-state index is -0.515. The number of ether oxygens (including phenoxy) is 2. The van der Waals surface area contributed by atoms with Crippen LogP contribution < -0.4 is 5.56 Å².